The number of aromatic nitrogens is 1. The summed E-state index contributed by atoms with van der Waals surface area (Å²) in [5, 5.41) is 8.58. The Bertz CT molecular complexity index is 448. The number of halogens is 1. The first-order chi connectivity index (χ1) is 9.74. The molecule has 3 rings (SSSR count). The van der Waals surface area contributed by atoms with Crippen molar-refractivity contribution in [2.45, 2.75) is 51.7 Å². The molecule has 1 aliphatic carbocycles. The normalized spacial score (nSPS) is 29.3. The minimum Gasteiger partial charge on any atom is -0.379 e. The average Bonchev–Trinajstić information content (AvgIpc) is 3.04. The molecule has 0 radical (unpaired) electrons. The van der Waals surface area contributed by atoms with E-state index in [4.69, 9.17) is 4.74 Å². The van der Waals surface area contributed by atoms with Gasteiger partial charge in [0.15, 0.2) is 0 Å². The van der Waals surface area contributed by atoms with Crippen molar-refractivity contribution >= 4 is 23.7 Å². The van der Waals surface area contributed by atoms with Crippen molar-refractivity contribution in [3.63, 3.8) is 0 Å². The molecule has 120 valence electrons. The summed E-state index contributed by atoms with van der Waals surface area (Å²) in [5.41, 5.74) is 1.19. The molecule has 1 aromatic heterocycles. The molecule has 3 unspecified atom stereocenters. The number of nitrogens with zero attached hydrogens (tertiary/aromatic N) is 1. The molecule has 1 saturated carbocycles. The zero-order valence-corrected chi connectivity index (χ0v) is 14.5. The van der Waals surface area contributed by atoms with Gasteiger partial charge in [0.2, 0.25) is 0 Å². The maximum absolute atomic E-state index is 5.63. The molecule has 0 spiro atoms. The van der Waals surface area contributed by atoms with Crippen LogP contribution in [0, 0.1) is 19.8 Å². The highest BCUT2D eigenvalue weighted by Crippen LogP contribution is 2.30. The lowest BCUT2D eigenvalue weighted by atomic mass is 9.94. The van der Waals surface area contributed by atoms with E-state index >= 15 is 0 Å². The Morgan fingerprint density at radius 2 is 2.24 bits per heavy atom. The fraction of sp³-hybridized carbons (Fsp3) is 0.800. The largest absolute Gasteiger partial charge is 0.379 e. The Labute approximate surface area is 137 Å². The van der Waals surface area contributed by atoms with E-state index in [1.54, 1.807) is 0 Å². The van der Waals surface area contributed by atoms with Crippen molar-refractivity contribution in [3.8, 4) is 0 Å². The van der Waals surface area contributed by atoms with Gasteiger partial charge in [-0.3, -0.25) is 0 Å². The highest BCUT2D eigenvalue weighted by Gasteiger charge is 2.34. The standard InChI is InChI=1S/C15H25N3OS.ClH/c1-10-15(20-11(2)18-10)8-17-13-5-3-4-12(13)14-9-19-7-6-16-14;/h12-14,16-17H,3-9H2,1-2H3;1H. The Balaban J connectivity index is 0.00000161. The molecule has 21 heavy (non-hydrogen) atoms. The second-order valence-corrected chi connectivity index (χ2v) is 7.25. The topological polar surface area (TPSA) is 46.2 Å². The van der Waals surface area contributed by atoms with E-state index in [9.17, 15) is 0 Å². The second-order valence-electron chi connectivity index (χ2n) is 5.96. The van der Waals surface area contributed by atoms with Gasteiger partial charge < -0.3 is 15.4 Å². The van der Waals surface area contributed by atoms with Crippen LogP contribution in [-0.4, -0.2) is 36.8 Å². The molecular formula is C15H26ClN3OS. The SMILES string of the molecule is Cc1nc(C)c(CNC2CCCC2C2COCCN2)s1.Cl. The van der Waals surface area contributed by atoms with E-state index in [0.29, 0.717) is 18.0 Å². The zero-order valence-electron chi connectivity index (χ0n) is 12.9. The van der Waals surface area contributed by atoms with Crippen molar-refractivity contribution in [2.24, 2.45) is 5.92 Å². The average molecular weight is 332 g/mol. The smallest absolute Gasteiger partial charge is 0.0900 e. The maximum atomic E-state index is 5.63. The van der Waals surface area contributed by atoms with Crippen LogP contribution < -0.4 is 10.6 Å². The molecule has 1 aromatic rings. The van der Waals surface area contributed by atoms with Gasteiger partial charge >= 0.3 is 0 Å². The Kier molecular flexibility index (Phi) is 6.44. The first kappa shape index (κ1) is 17.2. The number of thiazole rings is 1. The molecule has 6 heteroatoms. The van der Waals surface area contributed by atoms with Gasteiger partial charge in [0.1, 0.15) is 0 Å². The number of aryl methyl sites for hydroxylation is 2. The van der Waals surface area contributed by atoms with E-state index in [1.807, 2.05) is 11.3 Å². The highest BCUT2D eigenvalue weighted by molar-refractivity contribution is 7.11. The van der Waals surface area contributed by atoms with Crippen LogP contribution in [0.2, 0.25) is 0 Å². The van der Waals surface area contributed by atoms with Gasteiger partial charge in [0.25, 0.3) is 0 Å². The van der Waals surface area contributed by atoms with Crippen LogP contribution in [0.1, 0.15) is 34.8 Å². The van der Waals surface area contributed by atoms with Gasteiger partial charge in [-0.15, -0.1) is 23.7 Å². The summed E-state index contributed by atoms with van der Waals surface area (Å²) in [4.78, 5) is 5.90. The van der Waals surface area contributed by atoms with Gasteiger partial charge in [-0.25, -0.2) is 4.98 Å². The number of morpholine rings is 1. The first-order valence-corrected chi connectivity index (χ1v) is 8.53. The predicted octanol–water partition coefficient (Wildman–Crippen LogP) is 2.43. The summed E-state index contributed by atoms with van der Waals surface area (Å²) < 4.78 is 5.63. The molecule has 3 atom stereocenters. The number of rotatable bonds is 4. The monoisotopic (exact) mass is 331 g/mol. The summed E-state index contributed by atoms with van der Waals surface area (Å²) in [6, 6.07) is 1.16. The highest BCUT2D eigenvalue weighted by atomic mass is 35.5. The third kappa shape index (κ3) is 4.17. The molecule has 0 amide bonds. The Hall–Kier alpha value is -0.200. The van der Waals surface area contributed by atoms with Crippen molar-refractivity contribution in [1.82, 2.24) is 15.6 Å². The lowest BCUT2D eigenvalue weighted by Gasteiger charge is -2.33. The minimum atomic E-state index is 0. The molecular weight excluding hydrogens is 306 g/mol. The van der Waals surface area contributed by atoms with Crippen LogP contribution >= 0.6 is 23.7 Å². The van der Waals surface area contributed by atoms with Crippen LogP contribution in [0.5, 0.6) is 0 Å². The van der Waals surface area contributed by atoms with E-state index < -0.39 is 0 Å². The van der Waals surface area contributed by atoms with E-state index in [0.717, 1.165) is 26.3 Å². The summed E-state index contributed by atoms with van der Waals surface area (Å²) in [6.07, 6.45) is 3.94. The van der Waals surface area contributed by atoms with Crippen LogP contribution in [0.15, 0.2) is 0 Å². The summed E-state index contributed by atoms with van der Waals surface area (Å²) in [5.74, 6) is 0.713. The molecule has 2 heterocycles. The Morgan fingerprint density at radius 1 is 1.38 bits per heavy atom. The van der Waals surface area contributed by atoms with Crippen LogP contribution in [0.4, 0.5) is 0 Å². The second kappa shape index (κ2) is 7.88. The van der Waals surface area contributed by atoms with Crippen LogP contribution in [0.3, 0.4) is 0 Å². The van der Waals surface area contributed by atoms with Crippen LogP contribution in [-0.2, 0) is 11.3 Å². The molecule has 0 aromatic carbocycles. The summed E-state index contributed by atoms with van der Waals surface area (Å²) >= 11 is 1.82. The molecule has 2 aliphatic rings. The molecule has 2 N–H and O–H groups in total. The maximum Gasteiger partial charge on any atom is 0.0900 e. The zero-order chi connectivity index (χ0) is 13.9. The third-order valence-corrected chi connectivity index (χ3v) is 5.63. The number of nitrogens with one attached hydrogen (secondary N) is 2. The van der Waals surface area contributed by atoms with Crippen molar-refractivity contribution < 1.29 is 4.74 Å². The van der Waals surface area contributed by atoms with Gasteiger partial charge in [-0.05, 0) is 32.6 Å². The van der Waals surface area contributed by atoms with Gasteiger partial charge in [0, 0.05) is 30.1 Å². The lowest BCUT2D eigenvalue weighted by molar-refractivity contribution is 0.0524. The molecule has 1 aliphatic heterocycles. The van der Waals surface area contributed by atoms with Gasteiger partial charge in [-0.1, -0.05) is 6.42 Å². The van der Waals surface area contributed by atoms with Crippen LogP contribution in [0.25, 0.3) is 0 Å². The minimum absolute atomic E-state index is 0. The molecule has 1 saturated heterocycles. The van der Waals surface area contributed by atoms with Crippen molar-refractivity contribution in [2.75, 3.05) is 19.8 Å². The van der Waals surface area contributed by atoms with Gasteiger partial charge in [0.05, 0.1) is 23.9 Å². The Morgan fingerprint density at radius 3 is 2.90 bits per heavy atom. The van der Waals surface area contributed by atoms with E-state index in [-0.39, 0.29) is 12.4 Å². The van der Waals surface area contributed by atoms with E-state index in [1.165, 1.54) is 34.8 Å². The predicted molar refractivity (Wildman–Crippen MR) is 89.4 cm³/mol. The van der Waals surface area contributed by atoms with Gasteiger partial charge in [-0.2, -0.15) is 0 Å². The first-order valence-electron chi connectivity index (χ1n) is 7.71. The third-order valence-electron chi connectivity index (χ3n) is 4.56. The molecule has 2 fully saturated rings. The fourth-order valence-corrected chi connectivity index (χ4v) is 4.43. The summed E-state index contributed by atoms with van der Waals surface area (Å²) in [7, 11) is 0. The molecule has 4 nitrogen and oxygen atoms in total. The van der Waals surface area contributed by atoms with E-state index in [2.05, 4.69) is 29.5 Å². The summed E-state index contributed by atoms with van der Waals surface area (Å²) in [6.45, 7) is 7.90. The number of hydrogen-bond acceptors (Lipinski definition) is 5. The van der Waals surface area contributed by atoms with Crippen molar-refractivity contribution in [1.29, 1.82) is 0 Å². The number of ether oxygens (including phenoxy) is 1. The molecule has 0 bridgehead atoms. The lowest BCUT2D eigenvalue weighted by Crippen LogP contribution is -2.50. The quantitative estimate of drug-likeness (QED) is 0.889. The number of hydrogen-bond donors (Lipinski definition) is 2. The van der Waals surface area contributed by atoms with Crippen molar-refractivity contribution in [3.05, 3.63) is 15.6 Å². The fourth-order valence-electron chi connectivity index (χ4n) is 3.55.